The van der Waals surface area contributed by atoms with Crippen molar-refractivity contribution in [2.45, 2.75) is 6.92 Å². The van der Waals surface area contributed by atoms with Crippen molar-refractivity contribution in [2.75, 3.05) is 12.8 Å². The van der Waals surface area contributed by atoms with Gasteiger partial charge in [0.1, 0.15) is 11.6 Å². The van der Waals surface area contributed by atoms with Crippen LogP contribution in [0.15, 0.2) is 30.5 Å². The molecule has 0 aliphatic heterocycles. The van der Waals surface area contributed by atoms with E-state index in [0.29, 0.717) is 11.6 Å². The average Bonchev–Trinajstić information content (AvgIpc) is 2.33. The molecule has 0 saturated heterocycles. The molecule has 0 radical (unpaired) electrons. The number of rotatable bonds is 2. The van der Waals surface area contributed by atoms with Crippen LogP contribution in [0.3, 0.4) is 0 Å². The van der Waals surface area contributed by atoms with Crippen molar-refractivity contribution in [3.05, 3.63) is 36.0 Å². The summed E-state index contributed by atoms with van der Waals surface area (Å²) < 4.78 is 5.08. The fraction of sp³-hybridized carbons (Fsp3) is 0.167. The number of nitrogens with zero attached hydrogens (tertiary/aromatic N) is 2. The minimum atomic E-state index is 0.515. The molecule has 1 heterocycles. The van der Waals surface area contributed by atoms with E-state index in [2.05, 4.69) is 9.97 Å². The Hall–Kier alpha value is -2.10. The van der Waals surface area contributed by atoms with Gasteiger partial charge < -0.3 is 10.5 Å². The minimum Gasteiger partial charge on any atom is -0.497 e. The number of methoxy groups -OCH3 is 1. The molecule has 0 fully saturated rings. The summed E-state index contributed by atoms with van der Waals surface area (Å²) in [5.74, 6) is 1.95. The van der Waals surface area contributed by atoms with E-state index in [1.807, 2.05) is 31.2 Å². The molecule has 4 heteroatoms. The highest BCUT2D eigenvalue weighted by atomic mass is 16.5. The van der Waals surface area contributed by atoms with Crippen LogP contribution < -0.4 is 10.5 Å². The van der Waals surface area contributed by atoms with E-state index in [4.69, 9.17) is 10.5 Å². The minimum absolute atomic E-state index is 0.515. The molecule has 0 atom stereocenters. The summed E-state index contributed by atoms with van der Waals surface area (Å²) >= 11 is 0. The summed E-state index contributed by atoms with van der Waals surface area (Å²) in [6.07, 6.45) is 1.72. The second kappa shape index (κ2) is 4.18. The number of aromatic nitrogens is 2. The Morgan fingerprint density at radius 2 is 1.88 bits per heavy atom. The van der Waals surface area contributed by atoms with E-state index in [-0.39, 0.29) is 0 Å². The van der Waals surface area contributed by atoms with Gasteiger partial charge in [0.2, 0.25) is 0 Å². The lowest BCUT2D eigenvalue weighted by Gasteiger charge is -2.04. The van der Waals surface area contributed by atoms with Crippen LogP contribution in [0, 0.1) is 6.92 Å². The number of benzene rings is 1. The van der Waals surface area contributed by atoms with Gasteiger partial charge in [-0.2, -0.15) is 0 Å². The van der Waals surface area contributed by atoms with Crippen LogP contribution >= 0.6 is 0 Å². The van der Waals surface area contributed by atoms with Gasteiger partial charge in [0.15, 0.2) is 5.82 Å². The first-order valence-electron chi connectivity index (χ1n) is 4.94. The maximum atomic E-state index is 5.74. The maximum absolute atomic E-state index is 5.74. The Bertz CT molecular complexity index is 494. The molecular formula is C12H13N3O. The number of aryl methyl sites for hydroxylation is 1. The quantitative estimate of drug-likeness (QED) is 0.832. The largest absolute Gasteiger partial charge is 0.497 e. The van der Waals surface area contributed by atoms with Gasteiger partial charge >= 0.3 is 0 Å². The van der Waals surface area contributed by atoms with Crippen LogP contribution in [0.25, 0.3) is 11.4 Å². The molecule has 4 nitrogen and oxygen atoms in total. The first kappa shape index (κ1) is 10.4. The number of hydrogen-bond acceptors (Lipinski definition) is 4. The summed E-state index contributed by atoms with van der Waals surface area (Å²) in [4.78, 5) is 8.46. The number of anilines is 1. The van der Waals surface area contributed by atoms with Crippen molar-refractivity contribution in [3.63, 3.8) is 0 Å². The molecule has 0 aliphatic carbocycles. The van der Waals surface area contributed by atoms with Crippen LogP contribution in [0.4, 0.5) is 5.82 Å². The first-order chi connectivity index (χ1) is 7.70. The smallest absolute Gasteiger partial charge is 0.161 e. The van der Waals surface area contributed by atoms with Crippen molar-refractivity contribution in [2.24, 2.45) is 0 Å². The zero-order valence-corrected chi connectivity index (χ0v) is 9.27. The Labute approximate surface area is 94.1 Å². The molecule has 82 valence electrons. The molecular weight excluding hydrogens is 202 g/mol. The van der Waals surface area contributed by atoms with E-state index >= 15 is 0 Å². The van der Waals surface area contributed by atoms with Crippen LogP contribution in [0.1, 0.15) is 5.56 Å². The zero-order valence-electron chi connectivity index (χ0n) is 9.27. The van der Waals surface area contributed by atoms with E-state index in [1.165, 1.54) is 0 Å². The van der Waals surface area contributed by atoms with Gasteiger partial charge in [0.25, 0.3) is 0 Å². The van der Waals surface area contributed by atoms with Gasteiger partial charge in [-0.25, -0.2) is 9.97 Å². The van der Waals surface area contributed by atoms with Crippen molar-refractivity contribution in [1.82, 2.24) is 9.97 Å². The second-order valence-corrected chi connectivity index (χ2v) is 3.49. The lowest BCUT2D eigenvalue weighted by molar-refractivity contribution is 0.415. The lowest BCUT2D eigenvalue weighted by Crippen LogP contribution is -1.98. The summed E-state index contributed by atoms with van der Waals surface area (Å²) in [5.41, 5.74) is 7.55. The van der Waals surface area contributed by atoms with Gasteiger partial charge in [-0.1, -0.05) is 0 Å². The zero-order chi connectivity index (χ0) is 11.5. The lowest BCUT2D eigenvalue weighted by atomic mass is 10.2. The molecule has 2 N–H and O–H groups in total. The first-order valence-corrected chi connectivity index (χ1v) is 4.94. The van der Waals surface area contributed by atoms with Crippen molar-refractivity contribution >= 4 is 5.82 Å². The third-order valence-electron chi connectivity index (χ3n) is 2.36. The van der Waals surface area contributed by atoms with Gasteiger partial charge in [0, 0.05) is 17.3 Å². The Morgan fingerprint density at radius 1 is 1.19 bits per heavy atom. The van der Waals surface area contributed by atoms with Crippen LogP contribution in [-0.4, -0.2) is 17.1 Å². The molecule has 0 aliphatic rings. The third kappa shape index (κ3) is 1.95. The second-order valence-electron chi connectivity index (χ2n) is 3.49. The monoisotopic (exact) mass is 215 g/mol. The normalized spacial score (nSPS) is 10.1. The molecule has 0 saturated carbocycles. The van der Waals surface area contributed by atoms with Gasteiger partial charge in [-0.3, -0.25) is 0 Å². The predicted molar refractivity (Wildman–Crippen MR) is 63.2 cm³/mol. The summed E-state index contributed by atoms with van der Waals surface area (Å²) in [5, 5.41) is 0. The molecule has 0 spiro atoms. The summed E-state index contributed by atoms with van der Waals surface area (Å²) in [6.45, 7) is 1.88. The van der Waals surface area contributed by atoms with E-state index in [9.17, 15) is 0 Å². The highest BCUT2D eigenvalue weighted by molar-refractivity contribution is 5.58. The van der Waals surface area contributed by atoms with Crippen LogP contribution in [-0.2, 0) is 0 Å². The third-order valence-corrected chi connectivity index (χ3v) is 2.36. The average molecular weight is 215 g/mol. The summed E-state index contributed by atoms with van der Waals surface area (Å²) in [6, 6.07) is 7.55. The molecule has 0 amide bonds. The van der Waals surface area contributed by atoms with E-state index in [0.717, 1.165) is 16.9 Å². The molecule has 0 bridgehead atoms. The van der Waals surface area contributed by atoms with Crippen molar-refractivity contribution < 1.29 is 4.74 Å². The van der Waals surface area contributed by atoms with Crippen LogP contribution in [0.5, 0.6) is 5.75 Å². The molecule has 0 unspecified atom stereocenters. The van der Waals surface area contributed by atoms with Crippen LogP contribution in [0.2, 0.25) is 0 Å². The standard InChI is InChI=1S/C12H13N3O/c1-8-7-14-12(15-11(8)13)9-3-5-10(16-2)6-4-9/h3-7H,1-2H3,(H2,13,14,15). The summed E-state index contributed by atoms with van der Waals surface area (Å²) in [7, 11) is 1.63. The fourth-order valence-corrected chi connectivity index (χ4v) is 1.33. The molecule has 16 heavy (non-hydrogen) atoms. The highest BCUT2D eigenvalue weighted by Crippen LogP contribution is 2.20. The Morgan fingerprint density at radius 3 is 2.44 bits per heavy atom. The number of hydrogen-bond donors (Lipinski definition) is 1. The number of ether oxygens (including phenoxy) is 1. The molecule has 2 aromatic rings. The van der Waals surface area contributed by atoms with E-state index in [1.54, 1.807) is 13.3 Å². The fourth-order valence-electron chi connectivity index (χ4n) is 1.33. The van der Waals surface area contributed by atoms with Gasteiger partial charge in [-0.05, 0) is 31.2 Å². The van der Waals surface area contributed by atoms with Gasteiger partial charge in [-0.15, -0.1) is 0 Å². The highest BCUT2D eigenvalue weighted by Gasteiger charge is 2.03. The molecule has 2 rings (SSSR count). The number of nitrogen functional groups attached to an aromatic ring is 1. The Kier molecular flexibility index (Phi) is 2.72. The van der Waals surface area contributed by atoms with Gasteiger partial charge in [0.05, 0.1) is 7.11 Å². The maximum Gasteiger partial charge on any atom is 0.161 e. The SMILES string of the molecule is COc1ccc(-c2ncc(C)c(N)n2)cc1. The topological polar surface area (TPSA) is 61.0 Å². The van der Waals surface area contributed by atoms with E-state index < -0.39 is 0 Å². The predicted octanol–water partition coefficient (Wildman–Crippen LogP) is 2.04. The number of nitrogens with two attached hydrogens (primary N) is 1. The van der Waals surface area contributed by atoms with Crippen molar-refractivity contribution in [1.29, 1.82) is 0 Å². The molecule has 1 aromatic carbocycles. The molecule has 1 aromatic heterocycles. The van der Waals surface area contributed by atoms with Crippen molar-refractivity contribution in [3.8, 4) is 17.1 Å². The Balaban J connectivity index is 2.38.